The van der Waals surface area contributed by atoms with Crippen LogP contribution in [0, 0.1) is 0 Å². The highest BCUT2D eigenvalue weighted by atomic mass is 16.5. The molecule has 0 aromatic carbocycles. The number of ether oxygens (including phenoxy) is 1. The molecule has 2 amide bonds. The molecule has 3 aliphatic rings. The third kappa shape index (κ3) is 2.10. The van der Waals surface area contributed by atoms with E-state index in [-0.39, 0.29) is 17.9 Å². The molecule has 3 fully saturated rings. The maximum Gasteiger partial charge on any atom is 0.272 e. The third-order valence-corrected chi connectivity index (χ3v) is 5.51. The normalized spacial score (nSPS) is 27.5. The topological polar surface area (TPSA) is 93.4 Å². The third-order valence-electron chi connectivity index (χ3n) is 5.51. The summed E-state index contributed by atoms with van der Waals surface area (Å²) in [5.41, 5.74) is -0.299. The molecule has 1 spiro atoms. The fourth-order valence-corrected chi connectivity index (χ4v) is 4.35. The number of rotatable bonds is 2. The molecule has 2 aromatic rings. The molecule has 0 bridgehead atoms. The van der Waals surface area contributed by atoms with Crippen LogP contribution in [0.25, 0.3) is 5.82 Å². The molecule has 9 heteroatoms. The van der Waals surface area contributed by atoms with E-state index in [1.165, 1.54) is 12.7 Å². The Morgan fingerprint density at radius 1 is 1.23 bits per heavy atom. The summed E-state index contributed by atoms with van der Waals surface area (Å²) in [6.45, 7) is 1.90. The molecule has 0 saturated carbocycles. The minimum absolute atomic E-state index is 0.0680. The quantitative estimate of drug-likeness (QED) is 0.766. The summed E-state index contributed by atoms with van der Waals surface area (Å²) in [4.78, 5) is 33.6. The van der Waals surface area contributed by atoms with Gasteiger partial charge in [0, 0.05) is 19.5 Å². The molecule has 0 unspecified atom stereocenters. The Hall–Kier alpha value is -2.81. The number of amides is 2. The average molecular weight is 354 g/mol. The van der Waals surface area contributed by atoms with Gasteiger partial charge in [0.05, 0.1) is 19.1 Å². The fraction of sp³-hybridized carbons (Fsp3) is 0.471. The van der Waals surface area contributed by atoms with Crippen molar-refractivity contribution >= 4 is 11.8 Å². The van der Waals surface area contributed by atoms with Crippen LogP contribution in [-0.4, -0.2) is 72.8 Å². The van der Waals surface area contributed by atoms with E-state index in [2.05, 4.69) is 15.2 Å². The van der Waals surface area contributed by atoms with Gasteiger partial charge in [-0.2, -0.15) is 0 Å². The van der Waals surface area contributed by atoms with Crippen molar-refractivity contribution < 1.29 is 14.3 Å². The highest BCUT2D eigenvalue weighted by Gasteiger charge is 2.61. The van der Waals surface area contributed by atoms with Gasteiger partial charge in [-0.1, -0.05) is 6.07 Å². The lowest BCUT2D eigenvalue weighted by Gasteiger charge is -2.42. The van der Waals surface area contributed by atoms with Gasteiger partial charge in [-0.25, -0.2) is 4.98 Å². The van der Waals surface area contributed by atoms with Gasteiger partial charge in [0.1, 0.15) is 24.2 Å². The lowest BCUT2D eigenvalue weighted by Crippen LogP contribution is -2.56. The van der Waals surface area contributed by atoms with Crippen LogP contribution in [0.4, 0.5) is 0 Å². The van der Waals surface area contributed by atoms with Crippen molar-refractivity contribution in [1.29, 1.82) is 0 Å². The van der Waals surface area contributed by atoms with E-state index in [4.69, 9.17) is 4.74 Å². The Balaban J connectivity index is 1.45. The van der Waals surface area contributed by atoms with E-state index in [1.807, 2.05) is 4.90 Å². The van der Waals surface area contributed by atoms with E-state index in [1.54, 1.807) is 27.7 Å². The van der Waals surface area contributed by atoms with Gasteiger partial charge >= 0.3 is 0 Å². The summed E-state index contributed by atoms with van der Waals surface area (Å²) in [7, 11) is 0. The molecule has 26 heavy (non-hydrogen) atoms. The monoisotopic (exact) mass is 354 g/mol. The van der Waals surface area contributed by atoms with Gasteiger partial charge in [0.2, 0.25) is 5.91 Å². The van der Waals surface area contributed by atoms with E-state index in [0.29, 0.717) is 44.0 Å². The Labute approximate surface area is 149 Å². The lowest BCUT2D eigenvalue weighted by atomic mass is 10.0. The zero-order chi connectivity index (χ0) is 17.7. The van der Waals surface area contributed by atoms with E-state index in [0.717, 1.165) is 6.42 Å². The summed E-state index contributed by atoms with van der Waals surface area (Å²) >= 11 is 0. The van der Waals surface area contributed by atoms with Crippen molar-refractivity contribution in [3.05, 3.63) is 36.5 Å². The fourth-order valence-electron chi connectivity index (χ4n) is 4.35. The number of aromatic nitrogens is 4. The van der Waals surface area contributed by atoms with Gasteiger partial charge < -0.3 is 14.5 Å². The number of likely N-dealkylation sites (tertiary alicyclic amines) is 1. The first-order valence-corrected chi connectivity index (χ1v) is 8.76. The molecule has 0 aliphatic carbocycles. The van der Waals surface area contributed by atoms with Crippen LogP contribution in [0.5, 0.6) is 0 Å². The first-order chi connectivity index (χ1) is 12.7. The van der Waals surface area contributed by atoms with Gasteiger partial charge in [0.15, 0.2) is 5.72 Å². The van der Waals surface area contributed by atoms with Crippen LogP contribution in [-0.2, 0) is 9.53 Å². The van der Waals surface area contributed by atoms with Crippen molar-refractivity contribution in [2.24, 2.45) is 0 Å². The first kappa shape index (κ1) is 15.4. The number of carbonyl (C=O) groups excluding carboxylic acids is 2. The number of hydrogen-bond acceptors (Lipinski definition) is 6. The van der Waals surface area contributed by atoms with Crippen LogP contribution < -0.4 is 0 Å². The highest BCUT2D eigenvalue weighted by Crippen LogP contribution is 2.45. The van der Waals surface area contributed by atoms with E-state index in [9.17, 15) is 9.59 Å². The van der Waals surface area contributed by atoms with Crippen LogP contribution >= 0.6 is 0 Å². The maximum absolute atomic E-state index is 13.1. The second-order valence-electron chi connectivity index (χ2n) is 6.81. The van der Waals surface area contributed by atoms with Gasteiger partial charge in [-0.05, 0) is 18.6 Å². The molecule has 0 radical (unpaired) electrons. The van der Waals surface area contributed by atoms with Crippen LogP contribution in [0.1, 0.15) is 29.8 Å². The number of hydrogen-bond donors (Lipinski definition) is 0. The minimum Gasteiger partial charge on any atom is -0.353 e. The molecule has 3 aliphatic heterocycles. The lowest BCUT2D eigenvalue weighted by molar-refractivity contribution is -0.179. The average Bonchev–Trinajstić information content (AvgIpc) is 3.37. The van der Waals surface area contributed by atoms with Crippen molar-refractivity contribution in [2.45, 2.75) is 31.0 Å². The summed E-state index contributed by atoms with van der Waals surface area (Å²) < 4.78 is 7.70. The zero-order valence-electron chi connectivity index (χ0n) is 14.1. The van der Waals surface area contributed by atoms with Crippen LogP contribution in [0.15, 0.2) is 30.9 Å². The Bertz CT molecular complexity index is 869. The predicted octanol–water partition coefficient (Wildman–Crippen LogP) is 0.226. The highest BCUT2D eigenvalue weighted by molar-refractivity contribution is 5.94. The number of pyridine rings is 1. The Morgan fingerprint density at radius 3 is 2.92 bits per heavy atom. The first-order valence-electron chi connectivity index (χ1n) is 8.76. The molecule has 3 saturated heterocycles. The minimum atomic E-state index is -0.642. The molecule has 5 rings (SSSR count). The predicted molar refractivity (Wildman–Crippen MR) is 88.2 cm³/mol. The standard InChI is InChI=1S/C17H18N6O3/c24-15-9-13-17(23(15)6-2-8-26-17)5-7-22(13)16(25)12-3-1-4-14(20-12)21-10-18-19-11-21/h1,3-4,10-11,13H,2,5-9H2/t13-,17+/m1/s1. The molecule has 9 nitrogen and oxygen atoms in total. The van der Waals surface area contributed by atoms with Crippen LogP contribution in [0.3, 0.4) is 0 Å². The number of carbonyl (C=O) groups is 2. The van der Waals surface area contributed by atoms with E-state index >= 15 is 0 Å². The van der Waals surface area contributed by atoms with Gasteiger partial charge in [-0.15, -0.1) is 10.2 Å². The van der Waals surface area contributed by atoms with Crippen molar-refractivity contribution in [3.8, 4) is 5.82 Å². The Morgan fingerprint density at radius 2 is 2.08 bits per heavy atom. The summed E-state index contributed by atoms with van der Waals surface area (Å²) in [6.07, 6.45) is 4.88. The largest absolute Gasteiger partial charge is 0.353 e. The molecule has 2 atom stereocenters. The molecule has 5 heterocycles. The molecule has 0 N–H and O–H groups in total. The maximum atomic E-state index is 13.1. The smallest absolute Gasteiger partial charge is 0.272 e. The molecular formula is C17H18N6O3. The van der Waals surface area contributed by atoms with Gasteiger partial charge in [0.25, 0.3) is 5.91 Å². The second-order valence-corrected chi connectivity index (χ2v) is 6.81. The summed E-state index contributed by atoms with van der Waals surface area (Å²) in [5, 5.41) is 7.53. The summed E-state index contributed by atoms with van der Waals surface area (Å²) in [5.74, 6) is 0.469. The number of nitrogens with zero attached hydrogens (tertiary/aromatic N) is 6. The molecular weight excluding hydrogens is 336 g/mol. The van der Waals surface area contributed by atoms with Crippen molar-refractivity contribution in [1.82, 2.24) is 29.5 Å². The van der Waals surface area contributed by atoms with Crippen molar-refractivity contribution in [3.63, 3.8) is 0 Å². The molecule has 2 aromatic heterocycles. The SMILES string of the molecule is O=C(c1cccc(-n2cnnc2)n1)N1CC[C@@]23OCCCN2C(=O)C[C@@H]13. The van der Waals surface area contributed by atoms with Gasteiger partial charge in [-0.3, -0.25) is 14.2 Å². The van der Waals surface area contributed by atoms with Crippen molar-refractivity contribution in [2.75, 3.05) is 19.7 Å². The second kappa shape index (κ2) is 5.60. The molecule has 134 valence electrons. The zero-order valence-corrected chi connectivity index (χ0v) is 14.1. The Kier molecular flexibility index (Phi) is 3.33. The van der Waals surface area contributed by atoms with Crippen LogP contribution in [0.2, 0.25) is 0 Å². The van der Waals surface area contributed by atoms with E-state index < -0.39 is 5.72 Å². The summed E-state index contributed by atoms with van der Waals surface area (Å²) in [6, 6.07) is 5.02.